The molecule has 0 aliphatic heterocycles. The van der Waals surface area contributed by atoms with Crippen molar-refractivity contribution in [2.75, 3.05) is 6.54 Å². The minimum atomic E-state index is -0.127. The molecule has 0 fully saturated rings. The van der Waals surface area contributed by atoms with Crippen LogP contribution in [0.15, 0.2) is 53.5 Å². The average Bonchev–Trinajstić information content (AvgIpc) is 3.19. The molecule has 138 valence electrons. The first kappa shape index (κ1) is 17.4. The smallest absolute Gasteiger partial charge is 0.326 e. The summed E-state index contributed by atoms with van der Waals surface area (Å²) in [6, 6.07) is 13.2. The number of rotatable bonds is 6. The molecule has 6 nitrogen and oxygen atoms in total. The molecule has 0 radical (unpaired) electrons. The lowest BCUT2D eigenvalue weighted by atomic mass is 10.1. The van der Waals surface area contributed by atoms with Gasteiger partial charge in [-0.25, -0.2) is 4.79 Å². The normalized spacial score (nSPS) is 11.3. The Hall–Kier alpha value is -2.99. The van der Waals surface area contributed by atoms with Crippen LogP contribution in [0.4, 0.5) is 0 Å². The van der Waals surface area contributed by atoms with Crippen molar-refractivity contribution < 1.29 is 4.79 Å². The first-order valence-corrected chi connectivity index (χ1v) is 9.19. The maximum absolute atomic E-state index is 12.2. The first-order valence-electron chi connectivity index (χ1n) is 8.81. The van der Waals surface area contributed by atoms with Crippen LogP contribution in [0.5, 0.6) is 0 Å². The summed E-state index contributed by atoms with van der Waals surface area (Å²) >= 11 is 6.04. The number of carbonyl (C=O) groups is 1. The Morgan fingerprint density at radius 1 is 1.15 bits per heavy atom. The summed E-state index contributed by atoms with van der Waals surface area (Å²) in [6.07, 6.45) is 2.80. The summed E-state index contributed by atoms with van der Waals surface area (Å²) in [6.45, 7) is 1.06. The van der Waals surface area contributed by atoms with Crippen LogP contribution >= 0.6 is 11.6 Å². The Labute approximate surface area is 160 Å². The van der Waals surface area contributed by atoms with Gasteiger partial charge in [-0.15, -0.1) is 0 Å². The van der Waals surface area contributed by atoms with E-state index < -0.39 is 0 Å². The van der Waals surface area contributed by atoms with Gasteiger partial charge in [-0.1, -0.05) is 23.7 Å². The molecule has 0 atom stereocenters. The van der Waals surface area contributed by atoms with E-state index in [1.165, 1.54) is 0 Å². The van der Waals surface area contributed by atoms with Crippen molar-refractivity contribution in [2.45, 2.75) is 19.4 Å². The van der Waals surface area contributed by atoms with E-state index in [9.17, 15) is 9.59 Å². The summed E-state index contributed by atoms with van der Waals surface area (Å²) in [7, 11) is 0. The lowest BCUT2D eigenvalue weighted by Gasteiger charge is -2.06. The molecular formula is C20H19ClN4O2. The maximum Gasteiger partial charge on any atom is 0.326 e. The minimum Gasteiger partial charge on any atom is -0.361 e. The number of nitrogens with one attached hydrogen (secondary N) is 3. The predicted molar refractivity (Wildman–Crippen MR) is 107 cm³/mol. The van der Waals surface area contributed by atoms with Gasteiger partial charge in [0.1, 0.15) is 0 Å². The molecule has 0 spiro atoms. The highest BCUT2D eigenvalue weighted by Gasteiger charge is 2.10. The van der Waals surface area contributed by atoms with Gasteiger partial charge in [-0.05, 0) is 42.3 Å². The highest BCUT2D eigenvalue weighted by atomic mass is 35.5. The topological polar surface area (TPSA) is 82.7 Å². The number of aryl methyl sites for hydroxylation is 1. The third-order valence-corrected chi connectivity index (χ3v) is 4.88. The SMILES string of the molecule is O=C(Cc1c[nH]c2ccc(Cl)cc12)NCCCn1c(=O)[nH]c2ccccc21. The molecule has 3 N–H and O–H groups in total. The molecule has 27 heavy (non-hydrogen) atoms. The maximum atomic E-state index is 12.2. The predicted octanol–water partition coefficient (Wildman–Crippen LogP) is 3.21. The van der Waals surface area contributed by atoms with Crippen molar-refractivity contribution in [3.05, 3.63) is 69.7 Å². The summed E-state index contributed by atoms with van der Waals surface area (Å²) in [5, 5.41) is 4.53. The molecule has 0 saturated heterocycles. The number of para-hydroxylation sites is 2. The Bertz CT molecular complexity index is 1170. The average molecular weight is 383 g/mol. The zero-order chi connectivity index (χ0) is 18.8. The molecule has 0 aliphatic carbocycles. The standard InChI is InChI=1S/C20H19ClN4O2/c21-14-6-7-16-15(11-14)13(12-23-16)10-19(26)22-8-3-9-25-18-5-2-1-4-17(18)24-20(25)27/h1-2,4-7,11-12,23H,3,8-10H2,(H,22,26)(H,24,27). The van der Waals surface area contributed by atoms with E-state index in [0.717, 1.165) is 27.5 Å². The largest absolute Gasteiger partial charge is 0.361 e. The Balaban J connectivity index is 1.33. The first-order chi connectivity index (χ1) is 13.1. The number of H-pyrrole nitrogens is 2. The number of carbonyl (C=O) groups excluding carboxylic acids is 1. The molecule has 2 aromatic carbocycles. The van der Waals surface area contributed by atoms with Crippen molar-refractivity contribution in [3.63, 3.8) is 0 Å². The second-order valence-electron chi connectivity index (χ2n) is 6.48. The molecule has 2 heterocycles. The summed E-state index contributed by atoms with van der Waals surface area (Å²) in [5.41, 5.74) is 3.45. The number of aromatic nitrogens is 3. The quantitative estimate of drug-likeness (QED) is 0.447. The van der Waals surface area contributed by atoms with Gasteiger partial charge >= 0.3 is 5.69 Å². The second-order valence-corrected chi connectivity index (χ2v) is 6.92. The van der Waals surface area contributed by atoms with Gasteiger partial charge in [0.25, 0.3) is 0 Å². The lowest BCUT2D eigenvalue weighted by Crippen LogP contribution is -2.27. The van der Waals surface area contributed by atoms with E-state index in [2.05, 4.69) is 15.3 Å². The van der Waals surface area contributed by atoms with Crippen LogP contribution in [0.25, 0.3) is 21.9 Å². The van der Waals surface area contributed by atoms with Crippen LogP contribution < -0.4 is 11.0 Å². The van der Waals surface area contributed by atoms with Crippen LogP contribution in [-0.4, -0.2) is 27.0 Å². The van der Waals surface area contributed by atoms with Crippen molar-refractivity contribution >= 4 is 39.4 Å². The molecule has 0 saturated carbocycles. The number of benzene rings is 2. The summed E-state index contributed by atoms with van der Waals surface area (Å²) in [4.78, 5) is 30.3. The number of imidazole rings is 1. The van der Waals surface area contributed by atoms with Crippen molar-refractivity contribution in [1.82, 2.24) is 19.9 Å². The Morgan fingerprint density at radius 2 is 2.00 bits per heavy atom. The number of aromatic amines is 2. The second kappa shape index (κ2) is 7.32. The third kappa shape index (κ3) is 3.61. The third-order valence-electron chi connectivity index (χ3n) is 4.64. The van der Waals surface area contributed by atoms with E-state index in [1.807, 2.05) is 48.7 Å². The fourth-order valence-corrected chi connectivity index (χ4v) is 3.50. The molecule has 0 unspecified atom stereocenters. The van der Waals surface area contributed by atoms with Crippen LogP contribution in [0, 0.1) is 0 Å². The van der Waals surface area contributed by atoms with Gasteiger partial charge < -0.3 is 15.3 Å². The molecule has 7 heteroatoms. The fourth-order valence-electron chi connectivity index (χ4n) is 3.33. The number of nitrogens with zero attached hydrogens (tertiary/aromatic N) is 1. The highest BCUT2D eigenvalue weighted by molar-refractivity contribution is 6.31. The molecule has 4 rings (SSSR count). The number of fused-ring (bicyclic) bond motifs is 2. The number of halogens is 1. The van der Waals surface area contributed by atoms with Crippen LogP contribution in [-0.2, 0) is 17.8 Å². The Kier molecular flexibility index (Phi) is 4.73. The minimum absolute atomic E-state index is 0.0536. The van der Waals surface area contributed by atoms with Crippen LogP contribution in [0.1, 0.15) is 12.0 Å². The highest BCUT2D eigenvalue weighted by Crippen LogP contribution is 2.22. The molecule has 2 aromatic heterocycles. The van der Waals surface area contributed by atoms with E-state index >= 15 is 0 Å². The fraction of sp³-hybridized carbons (Fsp3) is 0.200. The number of hydrogen-bond donors (Lipinski definition) is 3. The molecule has 1 amide bonds. The van der Waals surface area contributed by atoms with Gasteiger partial charge in [-0.3, -0.25) is 9.36 Å². The van der Waals surface area contributed by atoms with Gasteiger partial charge in [0.05, 0.1) is 17.5 Å². The van der Waals surface area contributed by atoms with E-state index in [4.69, 9.17) is 11.6 Å². The lowest BCUT2D eigenvalue weighted by molar-refractivity contribution is -0.120. The summed E-state index contributed by atoms with van der Waals surface area (Å²) < 4.78 is 1.70. The van der Waals surface area contributed by atoms with Crippen molar-refractivity contribution in [1.29, 1.82) is 0 Å². The van der Waals surface area contributed by atoms with Gasteiger partial charge in [0.2, 0.25) is 5.91 Å². The zero-order valence-corrected chi connectivity index (χ0v) is 15.3. The van der Waals surface area contributed by atoms with Gasteiger partial charge in [-0.2, -0.15) is 0 Å². The molecule has 0 bridgehead atoms. The van der Waals surface area contributed by atoms with Gasteiger partial charge in [0, 0.05) is 35.2 Å². The van der Waals surface area contributed by atoms with E-state index in [-0.39, 0.29) is 18.0 Å². The van der Waals surface area contributed by atoms with E-state index in [0.29, 0.717) is 24.5 Å². The number of hydrogen-bond acceptors (Lipinski definition) is 2. The van der Waals surface area contributed by atoms with Crippen LogP contribution in [0.3, 0.4) is 0 Å². The zero-order valence-electron chi connectivity index (χ0n) is 14.6. The monoisotopic (exact) mass is 382 g/mol. The molecule has 0 aliphatic rings. The number of amides is 1. The summed E-state index contributed by atoms with van der Waals surface area (Å²) in [5.74, 6) is -0.0536. The van der Waals surface area contributed by atoms with Crippen molar-refractivity contribution in [2.24, 2.45) is 0 Å². The van der Waals surface area contributed by atoms with Crippen molar-refractivity contribution in [3.8, 4) is 0 Å². The van der Waals surface area contributed by atoms with Crippen LogP contribution in [0.2, 0.25) is 5.02 Å². The molecular weight excluding hydrogens is 364 g/mol. The van der Waals surface area contributed by atoms with Gasteiger partial charge in [0.15, 0.2) is 0 Å². The molecule has 4 aromatic rings. The van der Waals surface area contributed by atoms with E-state index in [1.54, 1.807) is 4.57 Å². The Morgan fingerprint density at radius 3 is 2.89 bits per heavy atom.